The minimum atomic E-state index is 0.228. The maximum atomic E-state index is 12.0. The molecule has 0 spiro atoms. The maximum Gasteiger partial charge on any atom is 0.224 e. The van der Waals surface area contributed by atoms with Crippen LogP contribution in [0.1, 0.15) is 29.8 Å². The maximum absolute atomic E-state index is 12.0. The van der Waals surface area contributed by atoms with E-state index < -0.39 is 0 Å². The number of morpholine rings is 1. The van der Waals surface area contributed by atoms with Crippen LogP contribution < -0.4 is 5.32 Å². The number of hydrogen-bond acceptors (Lipinski definition) is 4. The molecular weight excluding hydrogens is 260 g/mol. The Balaban J connectivity index is 1.71. The molecule has 2 rings (SSSR count). The normalized spacial score (nSPS) is 17.5. The van der Waals surface area contributed by atoms with Crippen LogP contribution >= 0.6 is 11.3 Å². The summed E-state index contributed by atoms with van der Waals surface area (Å²) in [5.74, 6) is 0.228. The molecule has 2 heterocycles. The fourth-order valence-corrected chi connectivity index (χ4v) is 3.25. The second kappa shape index (κ2) is 7.03. The van der Waals surface area contributed by atoms with Crippen molar-refractivity contribution in [3.05, 3.63) is 21.9 Å². The lowest BCUT2D eigenvalue weighted by atomic mass is 10.2. The zero-order valence-electron chi connectivity index (χ0n) is 11.6. The van der Waals surface area contributed by atoms with Gasteiger partial charge in [-0.05, 0) is 30.9 Å². The molecule has 1 aromatic heterocycles. The van der Waals surface area contributed by atoms with Crippen LogP contribution in [0.2, 0.25) is 0 Å². The number of aryl methyl sites for hydroxylation is 1. The second-order valence-electron chi connectivity index (χ2n) is 4.89. The molecule has 0 aromatic carbocycles. The number of amides is 1. The first-order chi connectivity index (χ1) is 9.18. The molecule has 1 saturated heterocycles. The number of thiophene rings is 1. The Morgan fingerprint density at radius 1 is 1.53 bits per heavy atom. The smallest absolute Gasteiger partial charge is 0.224 e. The first-order valence-electron chi connectivity index (χ1n) is 6.81. The quantitative estimate of drug-likeness (QED) is 0.897. The summed E-state index contributed by atoms with van der Waals surface area (Å²) >= 11 is 1.77. The van der Waals surface area contributed by atoms with Crippen molar-refractivity contribution in [3.8, 4) is 0 Å². The molecule has 19 heavy (non-hydrogen) atoms. The fourth-order valence-electron chi connectivity index (χ4n) is 2.29. The van der Waals surface area contributed by atoms with E-state index >= 15 is 0 Å². The summed E-state index contributed by atoms with van der Waals surface area (Å²) in [6.07, 6.45) is 0.564. The van der Waals surface area contributed by atoms with E-state index in [1.165, 1.54) is 10.4 Å². The standard InChI is InChI=1S/C14H22N2O2S/c1-11-4-10-19-14(11)12(2)15-5-3-13(17)16-6-8-18-9-7-16/h4,10,12,15H,3,5-9H2,1-2H3. The monoisotopic (exact) mass is 282 g/mol. The van der Waals surface area contributed by atoms with Gasteiger partial charge in [-0.3, -0.25) is 4.79 Å². The van der Waals surface area contributed by atoms with Gasteiger partial charge >= 0.3 is 0 Å². The first-order valence-corrected chi connectivity index (χ1v) is 7.69. The van der Waals surface area contributed by atoms with Gasteiger partial charge in [-0.15, -0.1) is 11.3 Å². The zero-order valence-corrected chi connectivity index (χ0v) is 12.5. The SMILES string of the molecule is Cc1ccsc1C(C)NCCC(=O)N1CCOCC1. The van der Waals surface area contributed by atoms with Crippen LogP contribution in [-0.2, 0) is 9.53 Å². The van der Waals surface area contributed by atoms with Gasteiger partial charge in [0.2, 0.25) is 5.91 Å². The average Bonchev–Trinajstić information content (AvgIpc) is 2.86. The predicted octanol–water partition coefficient (Wildman–Crippen LogP) is 1.96. The van der Waals surface area contributed by atoms with Crippen LogP contribution in [0.5, 0.6) is 0 Å². The highest BCUT2D eigenvalue weighted by Crippen LogP contribution is 2.23. The number of nitrogens with zero attached hydrogens (tertiary/aromatic N) is 1. The lowest BCUT2D eigenvalue weighted by molar-refractivity contribution is -0.135. The van der Waals surface area contributed by atoms with Gasteiger partial charge in [0.1, 0.15) is 0 Å². The van der Waals surface area contributed by atoms with E-state index in [9.17, 15) is 4.79 Å². The molecule has 1 N–H and O–H groups in total. The minimum Gasteiger partial charge on any atom is -0.378 e. The number of carbonyl (C=O) groups excluding carboxylic acids is 1. The molecule has 1 aromatic rings. The number of ether oxygens (including phenoxy) is 1. The average molecular weight is 282 g/mol. The van der Waals surface area contributed by atoms with Crippen LogP contribution in [0.15, 0.2) is 11.4 Å². The Morgan fingerprint density at radius 3 is 2.89 bits per heavy atom. The summed E-state index contributed by atoms with van der Waals surface area (Å²) in [6, 6.07) is 2.45. The van der Waals surface area contributed by atoms with E-state index in [1.54, 1.807) is 11.3 Å². The second-order valence-corrected chi connectivity index (χ2v) is 5.83. The van der Waals surface area contributed by atoms with Gasteiger partial charge < -0.3 is 15.0 Å². The van der Waals surface area contributed by atoms with Crippen molar-refractivity contribution in [2.45, 2.75) is 26.3 Å². The summed E-state index contributed by atoms with van der Waals surface area (Å²) in [5.41, 5.74) is 1.32. The fraction of sp³-hybridized carbons (Fsp3) is 0.643. The van der Waals surface area contributed by atoms with Crippen molar-refractivity contribution in [2.24, 2.45) is 0 Å². The lowest BCUT2D eigenvalue weighted by Gasteiger charge is -2.27. The van der Waals surface area contributed by atoms with Crippen LogP contribution in [0.25, 0.3) is 0 Å². The van der Waals surface area contributed by atoms with Crippen molar-refractivity contribution >= 4 is 17.2 Å². The molecule has 1 amide bonds. The zero-order chi connectivity index (χ0) is 13.7. The van der Waals surface area contributed by atoms with Gasteiger partial charge in [0.15, 0.2) is 0 Å². The number of rotatable bonds is 5. The molecule has 5 heteroatoms. The molecule has 1 aliphatic rings. The van der Waals surface area contributed by atoms with Crippen molar-refractivity contribution in [2.75, 3.05) is 32.8 Å². The molecule has 4 nitrogen and oxygen atoms in total. The molecule has 0 bridgehead atoms. The first kappa shape index (κ1) is 14.5. The summed E-state index contributed by atoms with van der Waals surface area (Å²) in [6.45, 7) is 7.82. The predicted molar refractivity (Wildman–Crippen MR) is 77.5 cm³/mol. The Bertz CT molecular complexity index is 413. The molecule has 0 radical (unpaired) electrons. The summed E-state index contributed by atoms with van der Waals surface area (Å²) in [7, 11) is 0. The molecule has 106 valence electrons. The van der Waals surface area contributed by atoms with Gasteiger partial charge in [0.05, 0.1) is 13.2 Å². The summed E-state index contributed by atoms with van der Waals surface area (Å²) < 4.78 is 5.25. The molecule has 0 aliphatic carbocycles. The van der Waals surface area contributed by atoms with Gasteiger partial charge in [0, 0.05) is 37.0 Å². The largest absolute Gasteiger partial charge is 0.378 e. The van der Waals surface area contributed by atoms with Crippen molar-refractivity contribution in [3.63, 3.8) is 0 Å². The molecule has 0 saturated carbocycles. The minimum absolute atomic E-state index is 0.228. The van der Waals surface area contributed by atoms with Crippen LogP contribution in [0.4, 0.5) is 0 Å². The highest BCUT2D eigenvalue weighted by Gasteiger charge is 2.16. The molecule has 1 atom stereocenters. The third kappa shape index (κ3) is 4.03. The van der Waals surface area contributed by atoms with Gasteiger partial charge in [-0.25, -0.2) is 0 Å². The highest BCUT2D eigenvalue weighted by atomic mass is 32.1. The number of hydrogen-bond donors (Lipinski definition) is 1. The topological polar surface area (TPSA) is 41.6 Å². The van der Waals surface area contributed by atoms with Crippen LogP contribution in [0, 0.1) is 6.92 Å². The van der Waals surface area contributed by atoms with Crippen LogP contribution in [0.3, 0.4) is 0 Å². The Kier molecular flexibility index (Phi) is 5.36. The van der Waals surface area contributed by atoms with E-state index in [4.69, 9.17) is 4.74 Å². The van der Waals surface area contributed by atoms with E-state index in [1.807, 2.05) is 4.90 Å². The van der Waals surface area contributed by atoms with Crippen molar-refractivity contribution in [1.29, 1.82) is 0 Å². The van der Waals surface area contributed by atoms with E-state index in [0.29, 0.717) is 25.7 Å². The van der Waals surface area contributed by atoms with Gasteiger partial charge in [-0.1, -0.05) is 0 Å². The van der Waals surface area contributed by atoms with Gasteiger partial charge in [0.25, 0.3) is 0 Å². The summed E-state index contributed by atoms with van der Waals surface area (Å²) in [5, 5.41) is 5.54. The lowest BCUT2D eigenvalue weighted by Crippen LogP contribution is -2.41. The van der Waals surface area contributed by atoms with Gasteiger partial charge in [-0.2, -0.15) is 0 Å². The molecule has 1 aliphatic heterocycles. The Labute approximate surface area is 118 Å². The van der Waals surface area contributed by atoms with Crippen molar-refractivity contribution in [1.82, 2.24) is 10.2 Å². The highest BCUT2D eigenvalue weighted by molar-refractivity contribution is 7.10. The van der Waals surface area contributed by atoms with E-state index in [2.05, 4.69) is 30.6 Å². The molecule has 1 unspecified atom stereocenters. The van der Waals surface area contributed by atoms with E-state index in [-0.39, 0.29) is 5.91 Å². The van der Waals surface area contributed by atoms with Crippen molar-refractivity contribution < 1.29 is 9.53 Å². The number of nitrogens with one attached hydrogen (secondary N) is 1. The number of carbonyl (C=O) groups is 1. The van der Waals surface area contributed by atoms with Crippen LogP contribution in [-0.4, -0.2) is 43.7 Å². The third-order valence-corrected chi connectivity index (χ3v) is 4.65. The Morgan fingerprint density at radius 2 is 2.26 bits per heavy atom. The van der Waals surface area contributed by atoms with E-state index in [0.717, 1.165) is 19.6 Å². The molecular formula is C14H22N2O2S. The third-order valence-electron chi connectivity index (χ3n) is 3.45. The molecule has 1 fully saturated rings. The Hall–Kier alpha value is -0.910. The summed E-state index contributed by atoms with van der Waals surface area (Å²) in [4.78, 5) is 15.2.